The van der Waals surface area contributed by atoms with Gasteiger partial charge in [-0.2, -0.15) is 0 Å². The number of allylic oxidation sites excluding steroid dienone is 1. The summed E-state index contributed by atoms with van der Waals surface area (Å²) in [4.78, 5) is 2.18. The van der Waals surface area contributed by atoms with Gasteiger partial charge in [-0.1, -0.05) is 18.2 Å². The lowest BCUT2D eigenvalue weighted by Gasteiger charge is -2.25. The molecule has 3 aromatic carbocycles. The van der Waals surface area contributed by atoms with Crippen LogP contribution in [-0.4, -0.2) is 0 Å². The molecule has 120 valence electrons. The molecule has 0 radical (unpaired) electrons. The van der Waals surface area contributed by atoms with Crippen LogP contribution in [0.25, 0.3) is 0 Å². The van der Waals surface area contributed by atoms with Gasteiger partial charge in [-0.3, -0.25) is 0 Å². The highest BCUT2D eigenvalue weighted by Gasteiger charge is 2.12. The summed E-state index contributed by atoms with van der Waals surface area (Å²) in [5.41, 5.74) is 17.6. The second-order valence-corrected chi connectivity index (χ2v) is 5.68. The predicted octanol–water partition coefficient (Wildman–Crippen LogP) is 5.05. The van der Waals surface area contributed by atoms with E-state index < -0.39 is 0 Å². The fraction of sp³-hybridized carbons (Fsp3) is 0.0476. The third-order valence-electron chi connectivity index (χ3n) is 3.88. The van der Waals surface area contributed by atoms with Gasteiger partial charge >= 0.3 is 0 Å². The van der Waals surface area contributed by atoms with Gasteiger partial charge in [0.2, 0.25) is 0 Å². The minimum absolute atomic E-state index is 0.748. The van der Waals surface area contributed by atoms with Crippen molar-refractivity contribution in [3.05, 3.63) is 91.0 Å². The Morgan fingerprint density at radius 1 is 0.667 bits per heavy atom. The third kappa shape index (κ3) is 3.41. The Morgan fingerprint density at radius 3 is 1.42 bits per heavy atom. The van der Waals surface area contributed by atoms with Gasteiger partial charge in [-0.15, -0.1) is 6.58 Å². The van der Waals surface area contributed by atoms with Crippen molar-refractivity contribution in [3.63, 3.8) is 0 Å². The van der Waals surface area contributed by atoms with Crippen LogP contribution in [0.5, 0.6) is 0 Å². The lowest BCUT2D eigenvalue weighted by atomic mass is 10.1. The minimum Gasteiger partial charge on any atom is -0.399 e. The molecular formula is C21H21N3. The van der Waals surface area contributed by atoms with Crippen LogP contribution in [0.15, 0.2) is 85.5 Å². The molecule has 0 amide bonds. The number of rotatable bonds is 5. The van der Waals surface area contributed by atoms with E-state index in [4.69, 9.17) is 11.5 Å². The van der Waals surface area contributed by atoms with Crippen molar-refractivity contribution in [1.82, 2.24) is 0 Å². The van der Waals surface area contributed by atoms with Gasteiger partial charge < -0.3 is 16.4 Å². The maximum atomic E-state index is 5.83. The Morgan fingerprint density at radius 2 is 1.04 bits per heavy atom. The number of nitrogens with zero attached hydrogens (tertiary/aromatic N) is 1. The van der Waals surface area contributed by atoms with E-state index in [9.17, 15) is 0 Å². The van der Waals surface area contributed by atoms with Crippen LogP contribution in [0.2, 0.25) is 0 Å². The van der Waals surface area contributed by atoms with E-state index in [-0.39, 0.29) is 0 Å². The number of nitrogen functional groups attached to an aromatic ring is 2. The maximum absolute atomic E-state index is 5.83. The van der Waals surface area contributed by atoms with Gasteiger partial charge in [0.1, 0.15) is 0 Å². The molecule has 24 heavy (non-hydrogen) atoms. The van der Waals surface area contributed by atoms with Gasteiger partial charge in [0.15, 0.2) is 0 Å². The van der Waals surface area contributed by atoms with Gasteiger partial charge in [0.05, 0.1) is 0 Å². The molecule has 0 aliphatic carbocycles. The highest BCUT2D eigenvalue weighted by atomic mass is 15.1. The second kappa shape index (κ2) is 6.92. The molecular weight excluding hydrogens is 294 g/mol. The first kappa shape index (κ1) is 15.7. The summed E-state index contributed by atoms with van der Waals surface area (Å²) in [6.45, 7) is 3.79. The minimum atomic E-state index is 0.748. The van der Waals surface area contributed by atoms with Crippen LogP contribution in [0.1, 0.15) is 5.56 Å². The van der Waals surface area contributed by atoms with Crippen molar-refractivity contribution in [2.24, 2.45) is 0 Å². The number of hydrogen-bond donors (Lipinski definition) is 2. The third-order valence-corrected chi connectivity index (χ3v) is 3.88. The normalized spacial score (nSPS) is 10.3. The predicted molar refractivity (Wildman–Crippen MR) is 104 cm³/mol. The van der Waals surface area contributed by atoms with Crippen LogP contribution in [0.3, 0.4) is 0 Å². The van der Waals surface area contributed by atoms with Gasteiger partial charge in [-0.05, 0) is 72.6 Å². The zero-order valence-corrected chi connectivity index (χ0v) is 13.5. The Bertz CT molecular complexity index is 758. The molecule has 0 aromatic heterocycles. The summed E-state index contributed by atoms with van der Waals surface area (Å²) in [5.74, 6) is 0. The largest absolute Gasteiger partial charge is 0.399 e. The molecule has 4 N–H and O–H groups in total. The molecule has 0 heterocycles. The van der Waals surface area contributed by atoms with E-state index in [0.717, 1.165) is 34.9 Å². The molecule has 3 rings (SSSR count). The SMILES string of the molecule is C=CCc1ccc(N(c2ccc(N)cc2)c2ccc(N)cc2)cc1. The monoisotopic (exact) mass is 315 g/mol. The highest BCUT2D eigenvalue weighted by molar-refractivity contribution is 5.77. The van der Waals surface area contributed by atoms with E-state index in [1.54, 1.807) is 0 Å². The van der Waals surface area contributed by atoms with Crippen LogP contribution >= 0.6 is 0 Å². The van der Waals surface area contributed by atoms with Crippen molar-refractivity contribution in [2.75, 3.05) is 16.4 Å². The van der Waals surface area contributed by atoms with Gasteiger partial charge in [-0.25, -0.2) is 0 Å². The Hall–Kier alpha value is -3.20. The molecule has 0 fully saturated rings. The first-order valence-electron chi connectivity index (χ1n) is 7.88. The van der Waals surface area contributed by atoms with Crippen LogP contribution in [0.4, 0.5) is 28.4 Å². The standard InChI is InChI=1S/C21H21N3/c1-2-3-16-4-10-19(11-5-16)24(20-12-6-17(22)7-13-20)21-14-8-18(23)9-15-21/h2,4-15H,1,3,22-23H2. The molecule has 0 aliphatic rings. The maximum Gasteiger partial charge on any atom is 0.0463 e. The molecule has 3 heteroatoms. The molecule has 3 nitrogen and oxygen atoms in total. The summed E-state index contributed by atoms with van der Waals surface area (Å²) in [6.07, 6.45) is 2.77. The van der Waals surface area contributed by atoms with Crippen molar-refractivity contribution < 1.29 is 0 Å². The quantitative estimate of drug-likeness (QED) is 0.512. The molecule has 0 saturated carbocycles. The number of nitrogens with two attached hydrogens (primary N) is 2. The molecule has 0 aliphatic heterocycles. The fourth-order valence-corrected chi connectivity index (χ4v) is 2.64. The van der Waals surface area contributed by atoms with Gasteiger partial charge in [0, 0.05) is 28.4 Å². The number of hydrogen-bond acceptors (Lipinski definition) is 3. The molecule has 0 unspecified atom stereocenters. The summed E-state index contributed by atoms with van der Waals surface area (Å²) in [5, 5.41) is 0. The van der Waals surface area contributed by atoms with E-state index in [2.05, 4.69) is 35.7 Å². The lowest BCUT2D eigenvalue weighted by Crippen LogP contribution is -2.10. The zero-order valence-electron chi connectivity index (χ0n) is 13.5. The molecule has 3 aromatic rings. The average molecular weight is 315 g/mol. The Labute approximate surface area is 142 Å². The van der Waals surface area contributed by atoms with E-state index in [1.807, 2.05) is 54.6 Å². The number of benzene rings is 3. The van der Waals surface area contributed by atoms with Crippen LogP contribution in [0, 0.1) is 0 Å². The van der Waals surface area contributed by atoms with Crippen molar-refractivity contribution >= 4 is 28.4 Å². The molecule has 0 bridgehead atoms. The van der Waals surface area contributed by atoms with Crippen molar-refractivity contribution in [1.29, 1.82) is 0 Å². The summed E-state index contributed by atoms with van der Waals surface area (Å²) in [7, 11) is 0. The van der Waals surface area contributed by atoms with Crippen LogP contribution < -0.4 is 16.4 Å². The molecule has 0 spiro atoms. The number of anilines is 5. The summed E-state index contributed by atoms with van der Waals surface area (Å²) in [6, 6.07) is 24.2. The Kier molecular flexibility index (Phi) is 4.52. The van der Waals surface area contributed by atoms with Crippen molar-refractivity contribution in [3.8, 4) is 0 Å². The average Bonchev–Trinajstić information content (AvgIpc) is 2.60. The van der Waals surface area contributed by atoms with Crippen LogP contribution in [-0.2, 0) is 6.42 Å². The smallest absolute Gasteiger partial charge is 0.0463 e. The second-order valence-electron chi connectivity index (χ2n) is 5.68. The summed E-state index contributed by atoms with van der Waals surface area (Å²) < 4.78 is 0. The molecule has 0 atom stereocenters. The van der Waals surface area contributed by atoms with E-state index in [0.29, 0.717) is 0 Å². The topological polar surface area (TPSA) is 55.3 Å². The van der Waals surface area contributed by atoms with E-state index in [1.165, 1.54) is 5.56 Å². The van der Waals surface area contributed by atoms with Gasteiger partial charge in [0.25, 0.3) is 0 Å². The highest BCUT2D eigenvalue weighted by Crippen LogP contribution is 2.35. The first-order chi connectivity index (χ1) is 11.7. The van der Waals surface area contributed by atoms with E-state index >= 15 is 0 Å². The lowest BCUT2D eigenvalue weighted by molar-refractivity contribution is 1.24. The first-order valence-corrected chi connectivity index (χ1v) is 7.88. The molecule has 0 saturated heterocycles. The summed E-state index contributed by atoms with van der Waals surface area (Å²) >= 11 is 0. The van der Waals surface area contributed by atoms with Crippen molar-refractivity contribution in [2.45, 2.75) is 6.42 Å². The Balaban J connectivity index is 2.05. The zero-order chi connectivity index (χ0) is 16.9. The fourth-order valence-electron chi connectivity index (χ4n) is 2.64.